The van der Waals surface area contributed by atoms with Crippen LogP contribution in [0.4, 0.5) is 0 Å². The largest absolute Gasteiger partial charge is 0.477 e. The number of hydrogen-bond donors (Lipinski definition) is 1. The summed E-state index contributed by atoms with van der Waals surface area (Å²) in [5, 5.41) is 9.64. The number of likely N-dealkylation sites (N-methyl/N-ethyl adjacent to an activating group) is 1. The first-order valence-electron chi connectivity index (χ1n) is 24.1. The van der Waals surface area contributed by atoms with Gasteiger partial charge in [-0.05, 0) is 77.0 Å². The lowest BCUT2D eigenvalue weighted by atomic mass is 10.1. The Morgan fingerprint density at radius 2 is 0.905 bits per heavy atom. The van der Waals surface area contributed by atoms with Gasteiger partial charge in [-0.1, -0.05) is 175 Å². The van der Waals surface area contributed by atoms with Gasteiger partial charge in [-0.15, -0.1) is 0 Å². The Labute approximate surface area is 384 Å². The summed E-state index contributed by atoms with van der Waals surface area (Å²) in [6, 6.07) is 0. The maximum absolute atomic E-state index is 12.7. The van der Waals surface area contributed by atoms with E-state index in [1.807, 2.05) is 33.3 Å². The van der Waals surface area contributed by atoms with Gasteiger partial charge in [-0.2, -0.15) is 0 Å². The van der Waals surface area contributed by atoms with E-state index in [9.17, 15) is 19.5 Å². The van der Waals surface area contributed by atoms with Crippen LogP contribution < -0.4 is 0 Å². The van der Waals surface area contributed by atoms with E-state index in [4.69, 9.17) is 18.9 Å². The molecule has 2 atom stereocenters. The number of carboxylic acids is 1. The van der Waals surface area contributed by atoms with Crippen LogP contribution in [0.1, 0.15) is 155 Å². The van der Waals surface area contributed by atoms with Crippen molar-refractivity contribution in [1.82, 2.24) is 0 Å². The van der Waals surface area contributed by atoms with E-state index in [-0.39, 0.29) is 38.6 Å². The number of esters is 2. The first kappa shape index (κ1) is 58.9. The lowest BCUT2D eigenvalue weighted by Crippen LogP contribution is -2.40. The molecule has 0 saturated carbocycles. The Kier molecular flexibility index (Phi) is 41.7. The first-order chi connectivity index (χ1) is 30.6. The number of nitrogens with zero attached hydrogens (tertiary/aromatic N) is 1. The third kappa shape index (κ3) is 45.8. The standard InChI is InChI=1S/C54H87NO8/c1-6-8-10-12-14-16-18-20-22-23-24-25-26-27-28-29-31-32-34-36-38-40-42-44-51(56)61-48-50(49-62-54(53(58)59)60-47-46-55(3,4)5)63-52(57)45-43-41-39-37-35-33-30-21-19-17-15-13-11-9-7-2/h8-11,14-17,20-22,24-25,30,35,37,41,43,50,54H,6-7,12-13,18-19,23,26-29,31-34,36,38-40,42,44-49H2,1-5H3/p+1/b10-8-,11-9-,16-14-,17-15-,22-20-,25-24-,30-21-,37-35-,43-41-. The Morgan fingerprint density at radius 3 is 1.35 bits per heavy atom. The van der Waals surface area contributed by atoms with Gasteiger partial charge in [0.2, 0.25) is 0 Å². The number of unbranched alkanes of at least 4 members (excludes halogenated alkanes) is 10. The van der Waals surface area contributed by atoms with Crippen LogP contribution in [0.3, 0.4) is 0 Å². The van der Waals surface area contributed by atoms with E-state index < -0.39 is 24.3 Å². The molecule has 0 bridgehead atoms. The molecular formula is C54H88NO8+. The van der Waals surface area contributed by atoms with Gasteiger partial charge in [0, 0.05) is 6.42 Å². The van der Waals surface area contributed by atoms with Gasteiger partial charge in [0.1, 0.15) is 13.2 Å². The monoisotopic (exact) mass is 879 g/mol. The molecule has 0 radical (unpaired) electrons. The summed E-state index contributed by atoms with van der Waals surface area (Å²) in [5.41, 5.74) is 0. The van der Waals surface area contributed by atoms with Gasteiger partial charge in [-0.3, -0.25) is 9.59 Å². The molecule has 1 N–H and O–H groups in total. The number of carbonyl (C=O) groups is 3. The normalized spacial score (nSPS) is 13.9. The summed E-state index contributed by atoms with van der Waals surface area (Å²) in [4.78, 5) is 37.1. The molecule has 0 saturated heterocycles. The number of aliphatic carboxylic acids is 1. The summed E-state index contributed by atoms with van der Waals surface area (Å²) in [6.45, 7) is 4.50. The minimum atomic E-state index is -1.54. The van der Waals surface area contributed by atoms with Crippen molar-refractivity contribution in [2.75, 3.05) is 47.5 Å². The molecule has 9 nitrogen and oxygen atoms in total. The molecule has 2 unspecified atom stereocenters. The highest BCUT2D eigenvalue weighted by Gasteiger charge is 2.25. The highest BCUT2D eigenvalue weighted by atomic mass is 16.7. The van der Waals surface area contributed by atoms with Crippen LogP contribution in [0, 0.1) is 0 Å². The predicted octanol–water partition coefficient (Wildman–Crippen LogP) is 13.2. The second-order valence-electron chi connectivity index (χ2n) is 16.7. The Hall–Kier alpha value is -4.05. The molecule has 0 aromatic heterocycles. The van der Waals surface area contributed by atoms with Gasteiger partial charge >= 0.3 is 17.9 Å². The average Bonchev–Trinajstić information content (AvgIpc) is 3.24. The van der Waals surface area contributed by atoms with E-state index in [1.54, 1.807) is 6.08 Å². The topological polar surface area (TPSA) is 108 Å². The van der Waals surface area contributed by atoms with Gasteiger partial charge in [-0.25, -0.2) is 4.79 Å². The van der Waals surface area contributed by atoms with E-state index in [1.165, 1.54) is 38.5 Å². The number of ether oxygens (including phenoxy) is 4. The Balaban J connectivity index is 4.46. The lowest BCUT2D eigenvalue weighted by Gasteiger charge is -2.25. The molecule has 356 valence electrons. The van der Waals surface area contributed by atoms with Crippen LogP contribution in [0.15, 0.2) is 109 Å². The maximum atomic E-state index is 12.7. The molecule has 0 aromatic rings. The fourth-order valence-electron chi connectivity index (χ4n) is 5.90. The molecule has 0 spiro atoms. The van der Waals surface area contributed by atoms with Crippen LogP contribution >= 0.6 is 0 Å². The maximum Gasteiger partial charge on any atom is 0.361 e. The fraction of sp³-hybridized carbons (Fsp3) is 0.611. The van der Waals surface area contributed by atoms with Crippen molar-refractivity contribution in [3.05, 3.63) is 109 Å². The molecule has 0 fully saturated rings. The first-order valence-corrected chi connectivity index (χ1v) is 24.1. The lowest BCUT2D eigenvalue weighted by molar-refractivity contribution is -0.870. The molecule has 0 rings (SSSR count). The highest BCUT2D eigenvalue weighted by Crippen LogP contribution is 2.13. The fourth-order valence-corrected chi connectivity index (χ4v) is 5.90. The summed E-state index contributed by atoms with van der Waals surface area (Å²) in [6.07, 6.45) is 57.6. The van der Waals surface area contributed by atoms with Crippen molar-refractivity contribution in [3.8, 4) is 0 Å². The molecule has 63 heavy (non-hydrogen) atoms. The summed E-state index contributed by atoms with van der Waals surface area (Å²) < 4.78 is 22.6. The summed E-state index contributed by atoms with van der Waals surface area (Å²) >= 11 is 0. The number of carbonyl (C=O) groups excluding carboxylic acids is 2. The van der Waals surface area contributed by atoms with Gasteiger partial charge < -0.3 is 28.5 Å². The number of quaternary nitrogens is 1. The molecule has 0 heterocycles. The van der Waals surface area contributed by atoms with Crippen LogP contribution in [-0.2, 0) is 33.3 Å². The average molecular weight is 879 g/mol. The van der Waals surface area contributed by atoms with Crippen molar-refractivity contribution in [2.45, 2.75) is 167 Å². The zero-order valence-electron chi connectivity index (χ0n) is 40.2. The molecule has 0 aliphatic carbocycles. The number of carboxylic acid groups (broad SMARTS) is 1. The number of rotatable bonds is 42. The third-order valence-corrected chi connectivity index (χ3v) is 9.56. The van der Waals surface area contributed by atoms with E-state index >= 15 is 0 Å². The quantitative estimate of drug-likeness (QED) is 0.0212. The number of hydrogen-bond acceptors (Lipinski definition) is 7. The van der Waals surface area contributed by atoms with Gasteiger partial charge in [0.15, 0.2) is 6.10 Å². The van der Waals surface area contributed by atoms with E-state index in [2.05, 4.69) is 105 Å². The Bertz CT molecular complexity index is 1390. The van der Waals surface area contributed by atoms with Gasteiger partial charge in [0.25, 0.3) is 6.29 Å². The molecule has 0 amide bonds. The molecule has 0 aliphatic rings. The van der Waals surface area contributed by atoms with Crippen LogP contribution in [0.2, 0.25) is 0 Å². The van der Waals surface area contributed by atoms with Gasteiger partial charge in [0.05, 0.1) is 40.8 Å². The molecule has 9 heteroatoms. The van der Waals surface area contributed by atoms with Crippen LogP contribution in [-0.4, -0.2) is 87.4 Å². The van der Waals surface area contributed by atoms with Crippen molar-refractivity contribution in [3.63, 3.8) is 0 Å². The second-order valence-corrected chi connectivity index (χ2v) is 16.7. The number of allylic oxidation sites excluding steroid dienone is 17. The smallest absolute Gasteiger partial charge is 0.361 e. The second kappa shape index (κ2) is 44.6. The summed E-state index contributed by atoms with van der Waals surface area (Å²) in [5.74, 6) is -2.19. The van der Waals surface area contributed by atoms with Crippen LogP contribution in [0.25, 0.3) is 0 Å². The minimum absolute atomic E-state index is 0.0208. The highest BCUT2D eigenvalue weighted by molar-refractivity contribution is 5.72. The van der Waals surface area contributed by atoms with Crippen molar-refractivity contribution in [2.24, 2.45) is 0 Å². The molecule has 0 aromatic carbocycles. The van der Waals surface area contributed by atoms with Crippen LogP contribution in [0.5, 0.6) is 0 Å². The van der Waals surface area contributed by atoms with Crippen molar-refractivity contribution >= 4 is 17.9 Å². The SMILES string of the molecule is CC/C=C\C/C=C\C/C=C\C/C=C\C/C=C\CC(=O)OC(COC(=O)CCCCCCCCCCCC/C=C\C/C=C\C/C=C\C/C=C\CC)COC(OCC[N+](C)(C)C)C(=O)O. The van der Waals surface area contributed by atoms with Crippen molar-refractivity contribution < 1.29 is 42.9 Å². The third-order valence-electron chi connectivity index (χ3n) is 9.56. The van der Waals surface area contributed by atoms with E-state index in [0.717, 1.165) is 83.5 Å². The van der Waals surface area contributed by atoms with Crippen molar-refractivity contribution in [1.29, 1.82) is 0 Å². The Morgan fingerprint density at radius 1 is 0.492 bits per heavy atom. The predicted molar refractivity (Wildman–Crippen MR) is 262 cm³/mol. The molecular weight excluding hydrogens is 791 g/mol. The zero-order chi connectivity index (χ0) is 46.3. The minimum Gasteiger partial charge on any atom is -0.477 e. The summed E-state index contributed by atoms with van der Waals surface area (Å²) in [7, 11) is 5.92. The van der Waals surface area contributed by atoms with E-state index in [0.29, 0.717) is 17.4 Å². The zero-order valence-corrected chi connectivity index (χ0v) is 40.2. The molecule has 0 aliphatic heterocycles.